The smallest absolute Gasteiger partial charge is 0.227 e. The van der Waals surface area contributed by atoms with Gasteiger partial charge in [-0.25, -0.2) is 0 Å². The Morgan fingerprint density at radius 2 is 2.04 bits per heavy atom. The minimum atomic E-state index is 0.194. The van der Waals surface area contributed by atoms with Crippen molar-refractivity contribution >= 4 is 29.0 Å². The van der Waals surface area contributed by atoms with Crippen molar-refractivity contribution in [2.45, 2.75) is 57.0 Å². The maximum Gasteiger partial charge on any atom is 0.227 e. The van der Waals surface area contributed by atoms with E-state index in [-0.39, 0.29) is 5.91 Å². The van der Waals surface area contributed by atoms with Gasteiger partial charge in [0.15, 0.2) is 0 Å². The van der Waals surface area contributed by atoms with E-state index in [1.165, 1.54) is 45.2 Å². The van der Waals surface area contributed by atoms with Crippen LogP contribution in [0.25, 0.3) is 0 Å². The summed E-state index contributed by atoms with van der Waals surface area (Å²) in [6.45, 7) is 2.39. The van der Waals surface area contributed by atoms with Crippen LogP contribution in [-0.2, 0) is 11.2 Å². The summed E-state index contributed by atoms with van der Waals surface area (Å²) in [5, 5.41) is 2.38. The van der Waals surface area contributed by atoms with Crippen molar-refractivity contribution in [1.29, 1.82) is 0 Å². The van der Waals surface area contributed by atoms with Crippen molar-refractivity contribution < 1.29 is 4.79 Å². The van der Waals surface area contributed by atoms with Crippen molar-refractivity contribution in [3.8, 4) is 0 Å². The maximum absolute atomic E-state index is 12.9. The number of amides is 1. The number of rotatable bonds is 5. The first-order valence-corrected chi connectivity index (χ1v) is 9.76. The monoisotopic (exact) mass is 357 g/mol. The van der Waals surface area contributed by atoms with Crippen molar-refractivity contribution in [2.24, 2.45) is 4.99 Å². The average molecular weight is 358 g/mol. The third kappa shape index (κ3) is 4.55. The molecule has 134 valence electrons. The number of hydrogen-bond acceptors (Lipinski definition) is 4. The summed E-state index contributed by atoms with van der Waals surface area (Å²) in [5.41, 5.74) is 1.74. The zero-order chi connectivity index (χ0) is 17.6. The highest BCUT2D eigenvalue weighted by molar-refractivity contribution is 7.78. The molecule has 0 unspecified atom stereocenters. The van der Waals surface area contributed by atoms with Crippen LogP contribution in [0.4, 0.5) is 5.69 Å². The molecule has 1 heterocycles. The van der Waals surface area contributed by atoms with Crippen LogP contribution >= 0.6 is 12.2 Å². The molecule has 0 bridgehead atoms. The van der Waals surface area contributed by atoms with Crippen LogP contribution in [0.3, 0.4) is 0 Å². The molecular weight excluding hydrogens is 330 g/mol. The second-order valence-electron chi connectivity index (χ2n) is 7.22. The van der Waals surface area contributed by atoms with Gasteiger partial charge < -0.3 is 4.90 Å². The molecular formula is C20H27N3OS. The van der Waals surface area contributed by atoms with Gasteiger partial charge >= 0.3 is 0 Å². The number of benzene rings is 1. The van der Waals surface area contributed by atoms with Gasteiger partial charge in [0.05, 0.1) is 17.3 Å². The summed E-state index contributed by atoms with van der Waals surface area (Å²) in [6, 6.07) is 8.58. The molecule has 4 nitrogen and oxygen atoms in total. The van der Waals surface area contributed by atoms with Crippen LogP contribution in [-0.4, -0.2) is 53.1 Å². The topological polar surface area (TPSA) is 35.9 Å². The molecule has 1 aromatic rings. The summed E-state index contributed by atoms with van der Waals surface area (Å²) in [6.07, 6.45) is 7.88. The molecule has 3 rings (SSSR count). The molecule has 1 aliphatic heterocycles. The summed E-state index contributed by atoms with van der Waals surface area (Å²) >= 11 is 4.66. The van der Waals surface area contributed by atoms with Gasteiger partial charge in [-0.05, 0) is 68.7 Å². The molecule has 2 atom stereocenters. The largest absolute Gasteiger partial charge is 0.341 e. The Hall–Kier alpha value is -1.55. The second-order valence-corrected chi connectivity index (χ2v) is 7.40. The molecule has 2 fully saturated rings. The Morgan fingerprint density at radius 3 is 2.80 bits per heavy atom. The number of thiocarbonyl (C=S) groups is 1. The van der Waals surface area contributed by atoms with E-state index in [1.807, 2.05) is 36.2 Å². The number of likely N-dealkylation sites (N-methyl/N-ethyl adjacent to an activating group) is 1. The minimum absolute atomic E-state index is 0.194. The number of nitrogens with zero attached hydrogens (tertiary/aromatic N) is 3. The number of hydrogen-bond donors (Lipinski definition) is 0. The Kier molecular flexibility index (Phi) is 6.35. The van der Waals surface area contributed by atoms with Crippen molar-refractivity contribution in [2.75, 3.05) is 20.1 Å². The first-order valence-electron chi connectivity index (χ1n) is 9.35. The van der Waals surface area contributed by atoms with E-state index in [2.05, 4.69) is 27.3 Å². The van der Waals surface area contributed by atoms with Crippen molar-refractivity contribution in [3.05, 3.63) is 29.8 Å². The summed E-state index contributed by atoms with van der Waals surface area (Å²) < 4.78 is 0. The molecule has 0 radical (unpaired) electrons. The fraction of sp³-hybridized carbons (Fsp3) is 0.600. The Morgan fingerprint density at radius 1 is 1.28 bits per heavy atom. The van der Waals surface area contributed by atoms with Crippen LogP contribution in [0.1, 0.15) is 44.1 Å². The summed E-state index contributed by atoms with van der Waals surface area (Å²) in [7, 11) is 1.99. The molecule has 1 saturated carbocycles. The fourth-order valence-corrected chi connectivity index (χ4v) is 4.42. The highest BCUT2D eigenvalue weighted by atomic mass is 32.1. The van der Waals surface area contributed by atoms with Gasteiger partial charge in [0.1, 0.15) is 0 Å². The Balaban J connectivity index is 1.67. The van der Waals surface area contributed by atoms with Gasteiger partial charge in [-0.15, -0.1) is 0 Å². The van der Waals surface area contributed by atoms with Crippen LogP contribution in [0.15, 0.2) is 29.3 Å². The zero-order valence-electron chi connectivity index (χ0n) is 15.0. The number of aliphatic imine (C=N–C) groups is 1. The number of carbonyl (C=O) groups is 1. The molecule has 5 heteroatoms. The van der Waals surface area contributed by atoms with Gasteiger partial charge in [-0.1, -0.05) is 25.0 Å². The van der Waals surface area contributed by atoms with Gasteiger partial charge in [0.25, 0.3) is 0 Å². The van der Waals surface area contributed by atoms with E-state index < -0.39 is 0 Å². The van der Waals surface area contributed by atoms with Crippen LogP contribution in [0.5, 0.6) is 0 Å². The Bertz CT molecular complexity index is 650. The van der Waals surface area contributed by atoms with Gasteiger partial charge in [-0.3, -0.25) is 9.69 Å². The molecule has 0 spiro atoms. The SMILES string of the molecule is CN(C(=O)Cc1cccc(N=C=S)c1)[C@H]1CCCC[C@@H]1N1CCCC1. The van der Waals surface area contributed by atoms with Gasteiger partial charge in [-0.2, -0.15) is 4.99 Å². The highest BCUT2D eigenvalue weighted by Crippen LogP contribution is 2.29. The molecule has 2 aliphatic rings. The number of isothiocyanates is 1. The lowest BCUT2D eigenvalue weighted by molar-refractivity contribution is -0.133. The number of carbonyl (C=O) groups excluding carboxylic acids is 1. The zero-order valence-corrected chi connectivity index (χ0v) is 15.8. The van der Waals surface area contributed by atoms with Gasteiger partial charge in [0, 0.05) is 19.1 Å². The third-order valence-corrected chi connectivity index (χ3v) is 5.73. The van der Waals surface area contributed by atoms with Crippen molar-refractivity contribution in [1.82, 2.24) is 9.80 Å². The molecule has 0 aromatic heterocycles. The van der Waals surface area contributed by atoms with Crippen molar-refractivity contribution in [3.63, 3.8) is 0 Å². The maximum atomic E-state index is 12.9. The van der Waals surface area contributed by atoms with Crippen LogP contribution < -0.4 is 0 Å². The fourth-order valence-electron chi connectivity index (χ4n) is 4.32. The summed E-state index contributed by atoms with van der Waals surface area (Å²) in [4.78, 5) is 21.5. The van der Waals surface area contributed by atoms with Gasteiger partial charge in [0.2, 0.25) is 5.91 Å². The lowest BCUT2D eigenvalue weighted by atomic mass is 9.88. The lowest BCUT2D eigenvalue weighted by Gasteiger charge is -2.42. The average Bonchev–Trinajstić information content (AvgIpc) is 3.16. The minimum Gasteiger partial charge on any atom is -0.341 e. The predicted octanol–water partition coefficient (Wildman–Crippen LogP) is 3.83. The van der Waals surface area contributed by atoms with E-state index in [0.717, 1.165) is 17.7 Å². The quantitative estimate of drug-likeness (QED) is 0.593. The first kappa shape index (κ1) is 18.2. The molecule has 25 heavy (non-hydrogen) atoms. The van der Waals surface area contributed by atoms with E-state index in [0.29, 0.717) is 18.5 Å². The lowest BCUT2D eigenvalue weighted by Crippen LogP contribution is -2.53. The molecule has 1 aliphatic carbocycles. The molecule has 1 saturated heterocycles. The van der Waals surface area contributed by atoms with Crippen LogP contribution in [0, 0.1) is 0 Å². The predicted molar refractivity (Wildman–Crippen MR) is 104 cm³/mol. The van der Waals surface area contributed by atoms with E-state index in [9.17, 15) is 4.79 Å². The second kappa shape index (κ2) is 8.70. The third-order valence-electron chi connectivity index (χ3n) is 5.64. The Labute approximate surface area is 155 Å². The standard InChI is InChI=1S/C20H27N3OS/c1-22(18-9-2-3-10-19(18)23-11-4-5-12-23)20(24)14-16-7-6-8-17(13-16)21-15-25/h6-8,13,18-19H,2-5,9-12,14H2,1H3/t18-,19-/m0/s1. The molecule has 1 aromatic carbocycles. The first-order chi connectivity index (χ1) is 12.2. The van der Waals surface area contributed by atoms with E-state index >= 15 is 0 Å². The number of likely N-dealkylation sites (tertiary alicyclic amines) is 1. The van der Waals surface area contributed by atoms with E-state index in [4.69, 9.17) is 0 Å². The highest BCUT2D eigenvalue weighted by Gasteiger charge is 2.35. The summed E-state index contributed by atoms with van der Waals surface area (Å²) in [5.74, 6) is 0.194. The molecule has 0 N–H and O–H groups in total. The van der Waals surface area contributed by atoms with E-state index in [1.54, 1.807) is 0 Å². The van der Waals surface area contributed by atoms with Crippen LogP contribution in [0.2, 0.25) is 0 Å². The molecule has 1 amide bonds. The normalized spacial score (nSPS) is 23.9.